The highest BCUT2D eigenvalue weighted by Crippen LogP contribution is 2.30. The largest absolute Gasteiger partial charge is 0.569 e. The van der Waals surface area contributed by atoms with Gasteiger partial charge in [-0.25, -0.2) is 19.7 Å². The van der Waals surface area contributed by atoms with Gasteiger partial charge in [0.1, 0.15) is 12.4 Å². The van der Waals surface area contributed by atoms with Gasteiger partial charge in [0.25, 0.3) is 0 Å². The first kappa shape index (κ1) is 37.0. The van der Waals surface area contributed by atoms with E-state index >= 15 is 0 Å². The molecule has 2 atom stereocenters. The molecule has 0 saturated carbocycles. The molecule has 16 nitrogen and oxygen atoms in total. The van der Waals surface area contributed by atoms with Crippen molar-refractivity contribution in [2.24, 2.45) is 5.28 Å². The van der Waals surface area contributed by atoms with Crippen LogP contribution in [0.2, 0.25) is 5.15 Å². The number of tetrazole rings is 1. The molecule has 1 aliphatic rings. The zero-order valence-corrected chi connectivity index (χ0v) is 29.6. The number of nitrogens with one attached hydrogen (secondary N) is 1. The van der Waals surface area contributed by atoms with Crippen LogP contribution in [0, 0.1) is 5.21 Å². The van der Waals surface area contributed by atoms with E-state index in [0.29, 0.717) is 36.1 Å². The predicted octanol–water partition coefficient (Wildman–Crippen LogP) is 6.50. The van der Waals surface area contributed by atoms with Gasteiger partial charge < -0.3 is 28.8 Å². The second-order valence-electron chi connectivity index (χ2n) is 12.1. The maximum absolute atomic E-state index is 13.4. The standard InChI is InChI=1S/C34H42ClN9O7/c1-4-5-14-29-36-31(35)30(42(29)22-25-15-17-26(18-16-25)27-12-6-7-13-28(27)32-37-39-40-38-32)33(45)50-24(3)51-34(46)48-20-10-21-49-41-44(47)43-19-9-8-11-23(43)2/h6-7,12-13,15-18,23-24H,4-5,8-11,14,19-22H2,1-3H3,(H,37,38,39,40)/b44-41-. The van der Waals surface area contributed by atoms with Gasteiger partial charge in [-0.05, 0) is 59.7 Å². The Kier molecular flexibility index (Phi) is 13.2. The van der Waals surface area contributed by atoms with Crippen LogP contribution >= 0.6 is 11.6 Å². The number of H-pyrrole nitrogens is 1. The number of hydrazine groups is 1. The maximum atomic E-state index is 13.4. The number of aromatic amines is 1. The summed E-state index contributed by atoms with van der Waals surface area (Å²) >= 11 is 6.50. The summed E-state index contributed by atoms with van der Waals surface area (Å²) in [4.78, 5) is 35.6. The average Bonchev–Trinajstić information content (AvgIpc) is 3.77. The van der Waals surface area contributed by atoms with Gasteiger partial charge >= 0.3 is 12.1 Å². The van der Waals surface area contributed by atoms with Crippen molar-refractivity contribution in [3.05, 3.63) is 76.0 Å². The SMILES string of the molecule is CCCCc1nc(Cl)c(C(=O)OC(C)OC(=O)OCCCO/N=[N+](\[O-])N2CCCCC2C)n1Cc1ccc(-c2ccccc2-c2nnn[nH]2)cc1. The lowest BCUT2D eigenvalue weighted by molar-refractivity contribution is -0.719. The summed E-state index contributed by atoms with van der Waals surface area (Å²) in [6, 6.07) is 15.8. The van der Waals surface area contributed by atoms with Gasteiger partial charge in [-0.1, -0.05) is 73.5 Å². The second-order valence-corrected chi connectivity index (χ2v) is 12.4. The Morgan fingerprint density at radius 3 is 2.61 bits per heavy atom. The quantitative estimate of drug-likeness (QED) is 0.0331. The minimum absolute atomic E-state index is 0.0103. The number of benzene rings is 2. The van der Waals surface area contributed by atoms with Crippen LogP contribution in [-0.2, 0) is 32.0 Å². The van der Waals surface area contributed by atoms with Crippen molar-refractivity contribution >= 4 is 23.7 Å². The van der Waals surface area contributed by atoms with Gasteiger partial charge in [0.2, 0.25) is 11.6 Å². The lowest BCUT2D eigenvalue weighted by Crippen LogP contribution is -2.42. The van der Waals surface area contributed by atoms with E-state index in [0.717, 1.165) is 54.4 Å². The number of halogens is 1. The molecule has 2 unspecified atom stereocenters. The summed E-state index contributed by atoms with van der Waals surface area (Å²) in [6.45, 7) is 6.33. The highest BCUT2D eigenvalue weighted by atomic mass is 35.5. The molecule has 5 rings (SSSR count). The van der Waals surface area contributed by atoms with Crippen molar-refractivity contribution < 1.29 is 33.6 Å². The van der Waals surface area contributed by atoms with E-state index in [1.54, 1.807) is 9.58 Å². The third-order valence-electron chi connectivity index (χ3n) is 8.33. The van der Waals surface area contributed by atoms with E-state index in [1.807, 2.05) is 55.5 Å². The first-order chi connectivity index (χ1) is 24.7. The van der Waals surface area contributed by atoms with Crippen molar-refractivity contribution in [2.75, 3.05) is 19.8 Å². The summed E-state index contributed by atoms with van der Waals surface area (Å²) in [5.74, 6) is 0.390. The highest BCUT2D eigenvalue weighted by molar-refractivity contribution is 6.32. The van der Waals surface area contributed by atoms with Gasteiger partial charge in [-0.15, -0.1) is 10.1 Å². The molecular weight excluding hydrogens is 682 g/mol. The van der Waals surface area contributed by atoms with Crippen LogP contribution in [0.25, 0.3) is 22.5 Å². The highest BCUT2D eigenvalue weighted by Gasteiger charge is 2.27. The van der Waals surface area contributed by atoms with Crippen LogP contribution in [0.15, 0.2) is 53.8 Å². The summed E-state index contributed by atoms with van der Waals surface area (Å²) in [5.41, 5.74) is 3.71. The van der Waals surface area contributed by atoms with E-state index in [1.165, 1.54) is 6.92 Å². The molecule has 0 amide bonds. The Labute approximate surface area is 300 Å². The third kappa shape index (κ3) is 9.93. The van der Waals surface area contributed by atoms with E-state index < -0.39 is 18.4 Å². The minimum Gasteiger partial charge on any atom is -0.569 e. The van der Waals surface area contributed by atoms with Gasteiger partial charge in [0.15, 0.2) is 16.7 Å². The number of carbonyl (C=O) groups is 2. The molecule has 2 aromatic heterocycles. The number of carbonyl (C=O) groups excluding carboxylic acids is 2. The molecule has 1 N–H and O–H groups in total. The molecule has 17 heteroatoms. The molecule has 3 heterocycles. The van der Waals surface area contributed by atoms with Crippen LogP contribution in [0.3, 0.4) is 0 Å². The van der Waals surface area contributed by atoms with Crippen molar-refractivity contribution in [2.45, 2.75) is 84.6 Å². The number of ether oxygens (including phenoxy) is 3. The molecule has 1 aliphatic heterocycles. The van der Waals surface area contributed by atoms with Crippen molar-refractivity contribution in [1.82, 2.24) is 35.2 Å². The number of nitrogens with zero attached hydrogens (tertiary/aromatic N) is 8. The summed E-state index contributed by atoms with van der Waals surface area (Å²) in [5, 5.41) is 31.5. The lowest BCUT2D eigenvalue weighted by atomic mass is 9.98. The number of aryl methyl sites for hydroxylation is 1. The number of hydrogen-bond donors (Lipinski definition) is 1. The zero-order chi connectivity index (χ0) is 36.2. The molecule has 1 saturated heterocycles. The molecule has 0 radical (unpaired) electrons. The van der Waals surface area contributed by atoms with Crippen molar-refractivity contribution in [1.29, 1.82) is 0 Å². The Bertz CT molecular complexity index is 1770. The molecule has 4 aromatic rings. The van der Waals surface area contributed by atoms with Crippen molar-refractivity contribution in [3.8, 4) is 22.5 Å². The third-order valence-corrected chi connectivity index (χ3v) is 8.60. The van der Waals surface area contributed by atoms with E-state index in [9.17, 15) is 14.8 Å². The predicted molar refractivity (Wildman–Crippen MR) is 184 cm³/mol. The molecule has 1 fully saturated rings. The fourth-order valence-electron chi connectivity index (χ4n) is 5.70. The first-order valence-electron chi connectivity index (χ1n) is 17.0. The van der Waals surface area contributed by atoms with E-state index in [-0.39, 0.29) is 36.5 Å². The monoisotopic (exact) mass is 723 g/mol. The average molecular weight is 724 g/mol. The summed E-state index contributed by atoms with van der Waals surface area (Å²) in [7, 11) is 0. The lowest BCUT2D eigenvalue weighted by Gasteiger charge is -2.28. The molecular formula is C34H42ClN9O7. The molecule has 272 valence electrons. The molecule has 0 spiro atoms. The number of piperidine rings is 1. The number of imidazole rings is 1. The first-order valence-corrected chi connectivity index (χ1v) is 17.4. The van der Waals surface area contributed by atoms with E-state index in [4.69, 9.17) is 30.6 Å². The minimum atomic E-state index is -1.28. The topological polar surface area (TPSA) is 185 Å². The normalized spacial score (nSPS) is 15.3. The maximum Gasteiger partial charge on any atom is 0.511 e. The van der Waals surface area contributed by atoms with Crippen LogP contribution in [0.5, 0.6) is 0 Å². The van der Waals surface area contributed by atoms with Crippen LogP contribution in [0.4, 0.5) is 4.79 Å². The Balaban J connectivity index is 1.16. The summed E-state index contributed by atoms with van der Waals surface area (Å²) in [6.07, 6.45) is 3.22. The number of esters is 1. The molecule has 0 bridgehead atoms. The Morgan fingerprint density at radius 1 is 1.10 bits per heavy atom. The second kappa shape index (κ2) is 18.1. The number of aromatic nitrogens is 6. The van der Waals surface area contributed by atoms with Crippen LogP contribution < -0.4 is 0 Å². The fraction of sp³-hybridized carbons (Fsp3) is 0.471. The van der Waals surface area contributed by atoms with E-state index in [2.05, 4.69) is 37.8 Å². The smallest absolute Gasteiger partial charge is 0.511 e. The van der Waals surface area contributed by atoms with Crippen molar-refractivity contribution in [3.63, 3.8) is 0 Å². The van der Waals surface area contributed by atoms with Crippen LogP contribution in [-0.4, -0.2) is 84.4 Å². The summed E-state index contributed by atoms with van der Waals surface area (Å²) < 4.78 is 17.3. The Hall–Kier alpha value is -5.25. The fourth-order valence-corrected chi connectivity index (χ4v) is 5.97. The Morgan fingerprint density at radius 2 is 1.88 bits per heavy atom. The number of hydrogen-bond acceptors (Lipinski definition) is 12. The number of rotatable bonds is 16. The van der Waals surface area contributed by atoms with Crippen LogP contribution in [0.1, 0.15) is 81.2 Å². The number of unbranched alkanes of at least 4 members (excludes halogenated alkanes) is 1. The van der Waals surface area contributed by atoms with Gasteiger partial charge in [-0.3, -0.25) is 0 Å². The van der Waals surface area contributed by atoms with Gasteiger partial charge in [0, 0.05) is 31.9 Å². The van der Waals surface area contributed by atoms with Gasteiger partial charge in [-0.2, -0.15) is 0 Å². The molecule has 51 heavy (non-hydrogen) atoms. The molecule has 2 aromatic carbocycles. The zero-order valence-electron chi connectivity index (χ0n) is 28.9. The van der Waals surface area contributed by atoms with Gasteiger partial charge in [0.05, 0.1) is 24.2 Å². The molecule has 0 aliphatic carbocycles.